The molecule has 0 aliphatic carbocycles. The van der Waals surface area contributed by atoms with Crippen LogP contribution in [0.5, 0.6) is 11.6 Å². The highest BCUT2D eigenvalue weighted by atomic mass is 19.4. The molecule has 0 bridgehead atoms. The van der Waals surface area contributed by atoms with Crippen LogP contribution in [-0.2, 0) is 12.6 Å². The monoisotopic (exact) mass is 491 g/mol. The van der Waals surface area contributed by atoms with E-state index in [1.165, 1.54) is 19.1 Å². The van der Waals surface area contributed by atoms with E-state index in [-0.39, 0.29) is 16.8 Å². The van der Waals surface area contributed by atoms with Crippen molar-refractivity contribution in [2.24, 2.45) is 0 Å². The average Bonchev–Trinajstić information content (AvgIpc) is 2.86. The molecule has 4 aromatic rings. The van der Waals surface area contributed by atoms with Crippen LogP contribution in [0.2, 0.25) is 0 Å². The Morgan fingerprint density at radius 2 is 1.78 bits per heavy atom. The van der Waals surface area contributed by atoms with Gasteiger partial charge in [0.25, 0.3) is 5.91 Å². The lowest BCUT2D eigenvalue weighted by Crippen LogP contribution is -2.15. The van der Waals surface area contributed by atoms with E-state index in [2.05, 4.69) is 15.3 Å². The standard InChI is InChI=1S/C28H24F3N3O2/c1-4-21-15-19(12-14-32-21)22-7-6-13-33-27(22)36-25-16-20(11-10-17(25)2)26(35)34-24-9-5-8-23(18(24)3)28(29,30)31/h5-16H,4H2,1-3H3,(H,34,35). The zero-order valence-corrected chi connectivity index (χ0v) is 20.0. The zero-order chi connectivity index (χ0) is 25.9. The predicted octanol–water partition coefficient (Wildman–Crippen LogP) is 7.39. The van der Waals surface area contributed by atoms with E-state index in [1.807, 2.05) is 38.1 Å². The normalized spacial score (nSPS) is 11.3. The van der Waals surface area contributed by atoms with Gasteiger partial charge in [0.1, 0.15) is 5.75 Å². The van der Waals surface area contributed by atoms with Crippen molar-refractivity contribution >= 4 is 11.6 Å². The molecule has 2 aromatic carbocycles. The zero-order valence-electron chi connectivity index (χ0n) is 20.0. The number of hydrogen-bond donors (Lipinski definition) is 1. The van der Waals surface area contributed by atoms with Crippen molar-refractivity contribution < 1.29 is 22.7 Å². The maximum atomic E-state index is 13.3. The molecule has 4 rings (SSSR count). The number of nitrogens with one attached hydrogen (secondary N) is 1. The van der Waals surface area contributed by atoms with Gasteiger partial charge in [0.15, 0.2) is 0 Å². The van der Waals surface area contributed by atoms with Crippen molar-refractivity contribution in [1.82, 2.24) is 9.97 Å². The van der Waals surface area contributed by atoms with E-state index in [0.717, 1.165) is 34.9 Å². The van der Waals surface area contributed by atoms with Crippen LogP contribution in [0.25, 0.3) is 11.1 Å². The number of amides is 1. The first-order valence-electron chi connectivity index (χ1n) is 11.3. The molecule has 0 saturated carbocycles. The molecule has 0 aliphatic rings. The van der Waals surface area contributed by atoms with Crippen LogP contribution < -0.4 is 10.1 Å². The Balaban J connectivity index is 1.62. The molecule has 0 unspecified atom stereocenters. The average molecular weight is 492 g/mol. The number of halogens is 3. The molecule has 184 valence electrons. The summed E-state index contributed by atoms with van der Waals surface area (Å²) in [6.07, 6.45) is -0.380. The van der Waals surface area contributed by atoms with E-state index in [4.69, 9.17) is 4.74 Å². The minimum Gasteiger partial charge on any atom is -0.438 e. The van der Waals surface area contributed by atoms with Crippen LogP contribution in [-0.4, -0.2) is 15.9 Å². The fraction of sp³-hybridized carbons (Fsp3) is 0.179. The number of carbonyl (C=O) groups is 1. The lowest BCUT2D eigenvalue weighted by molar-refractivity contribution is -0.138. The Morgan fingerprint density at radius 1 is 0.972 bits per heavy atom. The smallest absolute Gasteiger partial charge is 0.416 e. The third kappa shape index (κ3) is 5.38. The first kappa shape index (κ1) is 24.9. The van der Waals surface area contributed by atoms with Gasteiger partial charge in [0.05, 0.1) is 5.56 Å². The summed E-state index contributed by atoms with van der Waals surface area (Å²) in [7, 11) is 0. The second-order valence-electron chi connectivity index (χ2n) is 8.26. The molecule has 0 atom stereocenters. The van der Waals surface area contributed by atoms with E-state index in [9.17, 15) is 18.0 Å². The SMILES string of the molecule is CCc1cc(-c2cccnc2Oc2cc(C(=O)Nc3cccc(C(F)(F)F)c3C)ccc2C)ccn1. The van der Waals surface area contributed by atoms with Gasteiger partial charge >= 0.3 is 6.18 Å². The highest BCUT2D eigenvalue weighted by Crippen LogP contribution is 2.35. The minimum atomic E-state index is -4.51. The summed E-state index contributed by atoms with van der Waals surface area (Å²) in [4.78, 5) is 21.6. The summed E-state index contributed by atoms with van der Waals surface area (Å²) < 4.78 is 45.9. The number of hydrogen-bond acceptors (Lipinski definition) is 4. The molecule has 0 saturated heterocycles. The molecule has 2 aromatic heterocycles. The number of ether oxygens (including phenoxy) is 1. The predicted molar refractivity (Wildman–Crippen MR) is 132 cm³/mol. The van der Waals surface area contributed by atoms with E-state index >= 15 is 0 Å². The quantitative estimate of drug-likeness (QED) is 0.306. The Labute approximate surface area is 207 Å². The van der Waals surface area contributed by atoms with E-state index in [1.54, 1.807) is 30.6 Å². The molecular weight excluding hydrogens is 467 g/mol. The number of pyridine rings is 2. The summed E-state index contributed by atoms with van der Waals surface area (Å²) in [5.74, 6) is 0.221. The Kier molecular flexibility index (Phi) is 7.05. The van der Waals surface area contributed by atoms with Gasteiger partial charge in [-0.3, -0.25) is 9.78 Å². The van der Waals surface area contributed by atoms with Crippen molar-refractivity contribution in [1.29, 1.82) is 0 Å². The highest BCUT2D eigenvalue weighted by Gasteiger charge is 2.33. The topological polar surface area (TPSA) is 64.1 Å². The lowest BCUT2D eigenvalue weighted by Gasteiger charge is -2.16. The maximum Gasteiger partial charge on any atom is 0.416 e. The molecule has 2 heterocycles. The molecule has 1 N–H and O–H groups in total. The van der Waals surface area contributed by atoms with Crippen LogP contribution in [0, 0.1) is 13.8 Å². The van der Waals surface area contributed by atoms with Gasteiger partial charge in [0.2, 0.25) is 5.88 Å². The number of aryl methyl sites for hydroxylation is 2. The molecule has 0 radical (unpaired) electrons. The van der Waals surface area contributed by atoms with Crippen LogP contribution in [0.1, 0.15) is 39.7 Å². The second-order valence-corrected chi connectivity index (χ2v) is 8.26. The summed E-state index contributed by atoms with van der Waals surface area (Å²) >= 11 is 0. The van der Waals surface area contributed by atoms with Gasteiger partial charge in [-0.05, 0) is 85.5 Å². The van der Waals surface area contributed by atoms with Crippen LogP contribution in [0.4, 0.5) is 18.9 Å². The van der Waals surface area contributed by atoms with E-state index in [0.29, 0.717) is 11.6 Å². The number of benzene rings is 2. The Bertz CT molecular complexity index is 1420. The molecule has 5 nitrogen and oxygen atoms in total. The molecule has 1 amide bonds. The number of anilines is 1. The number of alkyl halides is 3. The van der Waals surface area contributed by atoms with Gasteiger partial charge < -0.3 is 10.1 Å². The molecular formula is C28H24F3N3O2. The number of nitrogens with zero attached hydrogens (tertiary/aromatic N) is 2. The third-order valence-corrected chi connectivity index (χ3v) is 5.81. The maximum absolute atomic E-state index is 13.3. The first-order chi connectivity index (χ1) is 17.2. The van der Waals surface area contributed by atoms with Crippen molar-refractivity contribution in [2.75, 3.05) is 5.32 Å². The fourth-order valence-corrected chi connectivity index (χ4v) is 3.76. The van der Waals surface area contributed by atoms with Gasteiger partial charge in [-0.25, -0.2) is 4.98 Å². The molecule has 36 heavy (non-hydrogen) atoms. The second kappa shape index (κ2) is 10.2. The third-order valence-electron chi connectivity index (χ3n) is 5.81. The van der Waals surface area contributed by atoms with Crippen molar-refractivity contribution in [3.05, 3.63) is 101 Å². The fourth-order valence-electron chi connectivity index (χ4n) is 3.76. The summed E-state index contributed by atoms with van der Waals surface area (Å²) in [5.41, 5.74) is 2.85. The van der Waals surface area contributed by atoms with Gasteiger partial charge in [-0.15, -0.1) is 0 Å². The van der Waals surface area contributed by atoms with Crippen molar-refractivity contribution in [2.45, 2.75) is 33.4 Å². The molecule has 0 spiro atoms. The highest BCUT2D eigenvalue weighted by molar-refractivity contribution is 6.05. The Hall–Kier alpha value is -4.20. The van der Waals surface area contributed by atoms with Crippen LogP contribution in [0.3, 0.4) is 0 Å². The van der Waals surface area contributed by atoms with Crippen LogP contribution >= 0.6 is 0 Å². The van der Waals surface area contributed by atoms with Gasteiger partial charge in [0, 0.05) is 34.9 Å². The lowest BCUT2D eigenvalue weighted by atomic mass is 10.1. The summed E-state index contributed by atoms with van der Waals surface area (Å²) in [5, 5.41) is 2.58. The largest absolute Gasteiger partial charge is 0.438 e. The van der Waals surface area contributed by atoms with E-state index < -0.39 is 17.6 Å². The molecule has 8 heteroatoms. The van der Waals surface area contributed by atoms with Gasteiger partial charge in [-0.1, -0.05) is 19.1 Å². The summed E-state index contributed by atoms with van der Waals surface area (Å²) in [6, 6.07) is 16.1. The van der Waals surface area contributed by atoms with Crippen LogP contribution in [0.15, 0.2) is 73.1 Å². The number of carbonyl (C=O) groups excluding carboxylic acids is 1. The first-order valence-corrected chi connectivity index (χ1v) is 11.3. The number of rotatable bonds is 6. The summed E-state index contributed by atoms with van der Waals surface area (Å²) in [6.45, 7) is 5.18. The minimum absolute atomic E-state index is 0.0520. The molecule has 0 aliphatic heterocycles. The number of aromatic nitrogens is 2. The van der Waals surface area contributed by atoms with Crippen molar-refractivity contribution in [3.8, 4) is 22.8 Å². The van der Waals surface area contributed by atoms with Crippen molar-refractivity contribution in [3.63, 3.8) is 0 Å². The Morgan fingerprint density at radius 3 is 2.53 bits per heavy atom. The molecule has 0 fully saturated rings. The van der Waals surface area contributed by atoms with Gasteiger partial charge in [-0.2, -0.15) is 13.2 Å².